The first-order valence-electron chi connectivity index (χ1n) is 7.40. The van der Waals surface area contributed by atoms with Crippen LogP contribution in [0.25, 0.3) is 0 Å². The molecular formula is C15H22N6. The van der Waals surface area contributed by atoms with E-state index in [1.807, 2.05) is 31.9 Å². The number of rotatable bonds is 4. The molecule has 112 valence electrons. The molecule has 1 fully saturated rings. The third kappa shape index (κ3) is 3.05. The Morgan fingerprint density at radius 3 is 2.95 bits per heavy atom. The van der Waals surface area contributed by atoms with E-state index in [-0.39, 0.29) is 0 Å². The van der Waals surface area contributed by atoms with Crippen molar-refractivity contribution in [3.05, 3.63) is 35.5 Å². The number of likely N-dealkylation sites (tertiary alicyclic amines) is 1. The Kier molecular flexibility index (Phi) is 3.88. The molecule has 0 aromatic carbocycles. The number of hydrogen-bond donors (Lipinski definition) is 1. The first-order chi connectivity index (χ1) is 10.2. The molecule has 2 aromatic heterocycles. The molecule has 1 saturated heterocycles. The number of aromatic nitrogens is 4. The molecule has 1 N–H and O–H groups in total. The lowest BCUT2D eigenvalue weighted by Crippen LogP contribution is -2.23. The molecule has 6 nitrogen and oxygen atoms in total. The largest absolute Gasteiger partial charge is 0.373 e. The maximum absolute atomic E-state index is 4.65. The van der Waals surface area contributed by atoms with Gasteiger partial charge in [-0.1, -0.05) is 0 Å². The zero-order valence-corrected chi connectivity index (χ0v) is 12.9. The minimum absolute atomic E-state index is 0.374. The Labute approximate surface area is 125 Å². The summed E-state index contributed by atoms with van der Waals surface area (Å²) in [6, 6.07) is 2.44. The number of nitrogens with zero attached hydrogens (tertiary/aromatic N) is 5. The third-order valence-corrected chi connectivity index (χ3v) is 3.96. The topological polar surface area (TPSA) is 58.9 Å². The second-order valence-corrected chi connectivity index (χ2v) is 5.63. The first kappa shape index (κ1) is 14.0. The molecule has 1 aliphatic heterocycles. The second kappa shape index (κ2) is 5.81. The lowest BCUT2D eigenvalue weighted by atomic mass is 10.1. The van der Waals surface area contributed by atoms with Crippen molar-refractivity contribution in [1.82, 2.24) is 24.6 Å². The molecule has 6 heteroatoms. The molecule has 1 aliphatic rings. The first-order valence-corrected chi connectivity index (χ1v) is 7.40. The number of hydrogen-bond acceptors (Lipinski definition) is 5. The highest BCUT2D eigenvalue weighted by Crippen LogP contribution is 2.32. The van der Waals surface area contributed by atoms with Gasteiger partial charge in [-0.3, -0.25) is 9.58 Å². The lowest BCUT2D eigenvalue weighted by molar-refractivity contribution is 0.244. The van der Waals surface area contributed by atoms with Gasteiger partial charge in [-0.05, 0) is 26.3 Å². The summed E-state index contributed by atoms with van der Waals surface area (Å²) in [5.41, 5.74) is 2.37. The van der Waals surface area contributed by atoms with Crippen molar-refractivity contribution in [2.24, 2.45) is 7.05 Å². The highest BCUT2D eigenvalue weighted by molar-refractivity contribution is 5.36. The van der Waals surface area contributed by atoms with E-state index in [4.69, 9.17) is 0 Å². The predicted octanol–water partition coefficient (Wildman–Crippen LogP) is 1.90. The normalized spacial score (nSPS) is 19.1. The maximum Gasteiger partial charge on any atom is 0.129 e. The van der Waals surface area contributed by atoms with Gasteiger partial charge >= 0.3 is 0 Å². The Morgan fingerprint density at radius 2 is 2.24 bits per heavy atom. The fraction of sp³-hybridized carbons (Fsp3) is 0.533. The van der Waals surface area contributed by atoms with Gasteiger partial charge in [-0.2, -0.15) is 5.10 Å². The second-order valence-electron chi connectivity index (χ2n) is 5.63. The van der Waals surface area contributed by atoms with Crippen LogP contribution in [0.2, 0.25) is 0 Å². The van der Waals surface area contributed by atoms with Crippen LogP contribution in [0.5, 0.6) is 0 Å². The molecule has 0 unspecified atom stereocenters. The zero-order valence-electron chi connectivity index (χ0n) is 12.9. The molecule has 0 radical (unpaired) electrons. The molecule has 2 aromatic rings. The monoisotopic (exact) mass is 286 g/mol. The maximum atomic E-state index is 4.65. The zero-order chi connectivity index (χ0) is 14.8. The summed E-state index contributed by atoms with van der Waals surface area (Å²) in [5, 5.41) is 7.37. The third-order valence-electron chi connectivity index (χ3n) is 3.96. The van der Waals surface area contributed by atoms with Crippen LogP contribution < -0.4 is 5.32 Å². The SMILES string of the molecule is CNc1cc([C@@H]2CCCN2Cc2cnn(C)c2)nc(C)n1. The van der Waals surface area contributed by atoms with E-state index in [0.717, 1.165) is 36.8 Å². The van der Waals surface area contributed by atoms with Gasteiger partial charge in [0.05, 0.1) is 17.9 Å². The molecule has 21 heavy (non-hydrogen) atoms. The summed E-state index contributed by atoms with van der Waals surface area (Å²) in [6.45, 7) is 3.98. The van der Waals surface area contributed by atoms with Gasteiger partial charge in [0.2, 0.25) is 0 Å². The summed E-state index contributed by atoms with van der Waals surface area (Å²) in [4.78, 5) is 11.5. The average Bonchev–Trinajstić information content (AvgIpc) is 3.08. The van der Waals surface area contributed by atoms with Crippen LogP contribution in [0.1, 0.15) is 36.0 Å². The van der Waals surface area contributed by atoms with Crippen molar-refractivity contribution in [3.8, 4) is 0 Å². The predicted molar refractivity (Wildman–Crippen MR) is 81.9 cm³/mol. The van der Waals surface area contributed by atoms with Gasteiger partial charge < -0.3 is 5.32 Å². The molecule has 0 aliphatic carbocycles. The van der Waals surface area contributed by atoms with Crippen molar-refractivity contribution >= 4 is 5.82 Å². The van der Waals surface area contributed by atoms with Crippen molar-refractivity contribution < 1.29 is 0 Å². The Morgan fingerprint density at radius 1 is 1.38 bits per heavy atom. The standard InChI is InChI=1S/C15H22N6/c1-11-18-13(7-15(16-2)19-11)14-5-4-6-21(14)10-12-8-17-20(3)9-12/h7-9,14H,4-6,10H2,1-3H3,(H,16,18,19)/t14-/m0/s1. The minimum atomic E-state index is 0.374. The van der Waals surface area contributed by atoms with E-state index in [1.165, 1.54) is 12.0 Å². The van der Waals surface area contributed by atoms with Gasteiger partial charge in [0.15, 0.2) is 0 Å². The van der Waals surface area contributed by atoms with Gasteiger partial charge in [-0.15, -0.1) is 0 Å². The number of aryl methyl sites for hydroxylation is 2. The van der Waals surface area contributed by atoms with Crippen LogP contribution in [0.15, 0.2) is 18.5 Å². The summed E-state index contributed by atoms with van der Waals surface area (Å²) in [7, 11) is 3.85. The Bertz CT molecular complexity index is 620. The molecule has 0 bridgehead atoms. The van der Waals surface area contributed by atoms with E-state index in [2.05, 4.69) is 37.5 Å². The molecule has 3 heterocycles. The van der Waals surface area contributed by atoms with Gasteiger partial charge in [0.25, 0.3) is 0 Å². The molecule has 0 saturated carbocycles. The van der Waals surface area contributed by atoms with Crippen LogP contribution in [0.4, 0.5) is 5.82 Å². The average molecular weight is 286 g/mol. The van der Waals surface area contributed by atoms with Gasteiger partial charge in [0, 0.05) is 38.5 Å². The Hall–Kier alpha value is -1.95. The molecule has 0 amide bonds. The van der Waals surface area contributed by atoms with E-state index in [9.17, 15) is 0 Å². The van der Waals surface area contributed by atoms with Gasteiger partial charge in [-0.25, -0.2) is 9.97 Å². The van der Waals surface area contributed by atoms with E-state index in [1.54, 1.807) is 0 Å². The van der Waals surface area contributed by atoms with Crippen LogP contribution in [0, 0.1) is 6.92 Å². The van der Waals surface area contributed by atoms with Crippen molar-refractivity contribution in [2.75, 3.05) is 18.9 Å². The van der Waals surface area contributed by atoms with E-state index < -0.39 is 0 Å². The van der Waals surface area contributed by atoms with Crippen LogP contribution in [-0.4, -0.2) is 38.2 Å². The number of nitrogens with one attached hydrogen (secondary N) is 1. The highest BCUT2D eigenvalue weighted by Gasteiger charge is 2.27. The van der Waals surface area contributed by atoms with Crippen molar-refractivity contribution in [3.63, 3.8) is 0 Å². The lowest BCUT2D eigenvalue weighted by Gasteiger charge is -2.24. The smallest absolute Gasteiger partial charge is 0.129 e. The quantitative estimate of drug-likeness (QED) is 0.930. The molecule has 3 rings (SSSR count). The van der Waals surface area contributed by atoms with Crippen LogP contribution in [0.3, 0.4) is 0 Å². The summed E-state index contributed by atoms with van der Waals surface area (Å²) < 4.78 is 1.86. The van der Waals surface area contributed by atoms with Crippen LogP contribution >= 0.6 is 0 Å². The molecule has 0 spiro atoms. The minimum Gasteiger partial charge on any atom is -0.373 e. The van der Waals surface area contributed by atoms with Crippen LogP contribution in [-0.2, 0) is 13.6 Å². The van der Waals surface area contributed by atoms with Crippen molar-refractivity contribution in [2.45, 2.75) is 32.4 Å². The van der Waals surface area contributed by atoms with Crippen molar-refractivity contribution in [1.29, 1.82) is 0 Å². The molecule has 1 atom stereocenters. The summed E-state index contributed by atoms with van der Waals surface area (Å²) in [6.07, 6.45) is 6.39. The summed E-state index contributed by atoms with van der Waals surface area (Å²) >= 11 is 0. The molecular weight excluding hydrogens is 264 g/mol. The van der Waals surface area contributed by atoms with E-state index in [0.29, 0.717) is 6.04 Å². The highest BCUT2D eigenvalue weighted by atomic mass is 15.3. The fourth-order valence-electron chi connectivity index (χ4n) is 3.03. The summed E-state index contributed by atoms with van der Waals surface area (Å²) in [5.74, 6) is 1.72. The van der Waals surface area contributed by atoms with Gasteiger partial charge in [0.1, 0.15) is 11.6 Å². The fourth-order valence-corrected chi connectivity index (χ4v) is 3.03. The Balaban J connectivity index is 1.81. The number of anilines is 1. The van der Waals surface area contributed by atoms with E-state index >= 15 is 0 Å².